The maximum absolute atomic E-state index is 12.2. The molecule has 150 valence electrons. The minimum Gasteiger partial charge on any atom is -0.351 e. The summed E-state index contributed by atoms with van der Waals surface area (Å²) in [6.45, 7) is 0.448. The van der Waals surface area contributed by atoms with Crippen LogP contribution in [0.3, 0.4) is 0 Å². The number of hydrogen-bond donors (Lipinski definition) is 2. The molecule has 10 heteroatoms. The Hall–Kier alpha value is -2.13. The molecule has 0 aliphatic carbocycles. The molecule has 0 aliphatic rings. The first-order chi connectivity index (χ1) is 14.0. The van der Waals surface area contributed by atoms with Gasteiger partial charge in [0.15, 0.2) is 0 Å². The molecule has 1 aromatic heterocycles. The van der Waals surface area contributed by atoms with Crippen molar-refractivity contribution < 1.29 is 9.59 Å². The summed E-state index contributed by atoms with van der Waals surface area (Å²) in [5.41, 5.74) is 1.57. The largest absolute Gasteiger partial charge is 0.351 e. The molecule has 29 heavy (non-hydrogen) atoms. The maximum atomic E-state index is 12.2. The van der Waals surface area contributed by atoms with Crippen molar-refractivity contribution in [1.82, 2.24) is 15.5 Å². The minimum atomic E-state index is -0.346. The minimum absolute atomic E-state index is 0.0756. The van der Waals surface area contributed by atoms with E-state index in [1.165, 1.54) is 23.1 Å². The number of carbonyl (C=O) groups excluding carboxylic acids is 2. The first kappa shape index (κ1) is 21.6. The van der Waals surface area contributed by atoms with E-state index in [1.807, 2.05) is 12.1 Å². The molecule has 6 nitrogen and oxygen atoms in total. The van der Waals surface area contributed by atoms with Gasteiger partial charge in [0, 0.05) is 28.0 Å². The van der Waals surface area contributed by atoms with Crippen LogP contribution in [0.2, 0.25) is 10.0 Å². The Morgan fingerprint density at radius 3 is 2.59 bits per heavy atom. The highest BCUT2D eigenvalue weighted by Gasteiger charge is 2.14. The fraction of sp³-hybridized carbons (Fsp3) is 0.158. The van der Waals surface area contributed by atoms with Crippen molar-refractivity contribution in [2.75, 3.05) is 11.1 Å². The van der Waals surface area contributed by atoms with Crippen LogP contribution in [-0.4, -0.2) is 27.8 Å². The van der Waals surface area contributed by atoms with Gasteiger partial charge in [-0.1, -0.05) is 52.7 Å². The first-order valence-electron chi connectivity index (χ1n) is 8.48. The standard InChI is InChI=1S/C19H16Cl2N4O2S2/c20-13-6-4-12(5-7-13)9-22-16(26)10-28-11-17-24-25-19(29-17)18(27)23-15-3-1-2-14(21)8-15/h1-8H,9-11H2,(H,22,26)(H,23,27). The average molecular weight is 467 g/mol. The predicted octanol–water partition coefficient (Wildman–Crippen LogP) is 4.65. The second-order valence-corrected chi connectivity index (χ2v) is 8.78. The summed E-state index contributed by atoms with van der Waals surface area (Å²) >= 11 is 14.3. The van der Waals surface area contributed by atoms with Crippen molar-refractivity contribution in [3.8, 4) is 0 Å². The summed E-state index contributed by atoms with van der Waals surface area (Å²) in [7, 11) is 0. The Morgan fingerprint density at radius 2 is 1.83 bits per heavy atom. The van der Waals surface area contributed by atoms with Crippen LogP contribution in [0.25, 0.3) is 0 Å². The van der Waals surface area contributed by atoms with E-state index in [2.05, 4.69) is 20.8 Å². The molecule has 0 fully saturated rings. The molecule has 0 spiro atoms. The molecule has 2 N–H and O–H groups in total. The highest BCUT2D eigenvalue weighted by atomic mass is 35.5. The van der Waals surface area contributed by atoms with Gasteiger partial charge in [-0.15, -0.1) is 22.0 Å². The van der Waals surface area contributed by atoms with E-state index < -0.39 is 0 Å². The lowest BCUT2D eigenvalue weighted by atomic mass is 10.2. The topological polar surface area (TPSA) is 84.0 Å². The number of benzene rings is 2. The van der Waals surface area contributed by atoms with Crippen LogP contribution in [-0.2, 0) is 17.1 Å². The number of aromatic nitrogens is 2. The van der Waals surface area contributed by atoms with E-state index in [-0.39, 0.29) is 22.6 Å². The van der Waals surface area contributed by atoms with Gasteiger partial charge in [-0.2, -0.15) is 0 Å². The zero-order valence-corrected chi connectivity index (χ0v) is 18.2. The molecule has 0 saturated heterocycles. The summed E-state index contributed by atoms with van der Waals surface area (Å²) in [5.74, 6) is 0.364. The molecule has 0 saturated carbocycles. The third-order valence-electron chi connectivity index (χ3n) is 3.61. The number of carbonyl (C=O) groups is 2. The van der Waals surface area contributed by atoms with E-state index in [1.54, 1.807) is 36.4 Å². The molecule has 1 heterocycles. The zero-order valence-electron chi connectivity index (χ0n) is 15.0. The van der Waals surface area contributed by atoms with Crippen LogP contribution in [0.5, 0.6) is 0 Å². The van der Waals surface area contributed by atoms with Gasteiger partial charge in [-0.25, -0.2) is 0 Å². The van der Waals surface area contributed by atoms with E-state index in [0.29, 0.717) is 33.0 Å². The second kappa shape index (κ2) is 10.6. The Morgan fingerprint density at radius 1 is 1.03 bits per heavy atom. The fourth-order valence-electron chi connectivity index (χ4n) is 2.24. The maximum Gasteiger partial charge on any atom is 0.286 e. The molecule has 0 atom stereocenters. The zero-order chi connectivity index (χ0) is 20.6. The Kier molecular flexibility index (Phi) is 7.88. The lowest BCUT2D eigenvalue weighted by Crippen LogP contribution is -2.24. The summed E-state index contributed by atoms with van der Waals surface area (Å²) in [6, 6.07) is 14.2. The van der Waals surface area contributed by atoms with E-state index in [9.17, 15) is 9.59 Å². The molecular weight excluding hydrogens is 451 g/mol. The molecule has 2 aromatic carbocycles. The van der Waals surface area contributed by atoms with Crippen molar-refractivity contribution in [2.45, 2.75) is 12.3 Å². The van der Waals surface area contributed by atoms with Crippen molar-refractivity contribution >= 4 is 63.8 Å². The third-order valence-corrected chi connectivity index (χ3v) is 6.14. The highest BCUT2D eigenvalue weighted by Crippen LogP contribution is 2.19. The molecule has 0 unspecified atom stereocenters. The van der Waals surface area contributed by atoms with Crippen molar-refractivity contribution in [3.63, 3.8) is 0 Å². The number of hydrogen-bond acceptors (Lipinski definition) is 6. The van der Waals surface area contributed by atoms with Gasteiger partial charge in [-0.3, -0.25) is 9.59 Å². The number of amides is 2. The fourth-order valence-corrected chi connectivity index (χ4v) is 4.19. The number of halogens is 2. The molecular formula is C19H16Cl2N4O2S2. The number of anilines is 1. The molecule has 3 aromatic rings. The van der Waals surface area contributed by atoms with Crippen LogP contribution in [0.4, 0.5) is 5.69 Å². The van der Waals surface area contributed by atoms with Crippen molar-refractivity contribution in [2.24, 2.45) is 0 Å². The lowest BCUT2D eigenvalue weighted by Gasteiger charge is -2.05. The number of nitrogens with one attached hydrogen (secondary N) is 2. The monoisotopic (exact) mass is 466 g/mol. The Bertz CT molecular complexity index is 996. The normalized spacial score (nSPS) is 10.6. The van der Waals surface area contributed by atoms with E-state index in [0.717, 1.165) is 5.56 Å². The van der Waals surface area contributed by atoms with Crippen molar-refractivity contribution in [1.29, 1.82) is 0 Å². The number of nitrogens with zero attached hydrogens (tertiary/aromatic N) is 2. The van der Waals surface area contributed by atoms with Gasteiger partial charge in [-0.05, 0) is 35.9 Å². The second-order valence-electron chi connectivity index (χ2n) is 5.86. The summed E-state index contributed by atoms with van der Waals surface area (Å²) in [6.07, 6.45) is 0. The molecule has 2 amide bonds. The smallest absolute Gasteiger partial charge is 0.286 e. The number of rotatable bonds is 8. The Balaban J connectivity index is 1.41. The molecule has 3 rings (SSSR count). The first-order valence-corrected chi connectivity index (χ1v) is 11.2. The van der Waals surface area contributed by atoms with E-state index >= 15 is 0 Å². The van der Waals surface area contributed by atoms with Gasteiger partial charge in [0.1, 0.15) is 5.01 Å². The highest BCUT2D eigenvalue weighted by molar-refractivity contribution is 7.99. The summed E-state index contributed by atoms with van der Waals surface area (Å²) in [4.78, 5) is 24.2. The van der Waals surface area contributed by atoms with Crippen LogP contribution in [0, 0.1) is 0 Å². The molecule has 0 bridgehead atoms. The quantitative estimate of drug-likeness (QED) is 0.504. The third kappa shape index (κ3) is 7.01. The van der Waals surface area contributed by atoms with Crippen molar-refractivity contribution in [3.05, 3.63) is 74.2 Å². The van der Waals surface area contributed by atoms with Gasteiger partial charge in [0.2, 0.25) is 10.9 Å². The van der Waals surface area contributed by atoms with Crippen LogP contribution >= 0.6 is 46.3 Å². The van der Waals surface area contributed by atoms with Gasteiger partial charge in [0.05, 0.1) is 5.75 Å². The Labute approximate surface area is 186 Å². The predicted molar refractivity (Wildman–Crippen MR) is 119 cm³/mol. The molecule has 0 radical (unpaired) electrons. The van der Waals surface area contributed by atoms with E-state index in [4.69, 9.17) is 23.2 Å². The average Bonchev–Trinajstić information content (AvgIpc) is 3.17. The SMILES string of the molecule is O=C(CSCc1nnc(C(=O)Nc2cccc(Cl)c2)s1)NCc1ccc(Cl)cc1. The summed E-state index contributed by atoms with van der Waals surface area (Å²) < 4.78 is 0. The van der Waals surface area contributed by atoms with Gasteiger partial charge < -0.3 is 10.6 Å². The molecule has 0 aliphatic heterocycles. The van der Waals surface area contributed by atoms with Crippen LogP contribution in [0.1, 0.15) is 20.4 Å². The van der Waals surface area contributed by atoms with Gasteiger partial charge in [0.25, 0.3) is 5.91 Å². The lowest BCUT2D eigenvalue weighted by molar-refractivity contribution is -0.118. The van der Waals surface area contributed by atoms with Gasteiger partial charge >= 0.3 is 0 Å². The van der Waals surface area contributed by atoms with Crippen LogP contribution in [0.15, 0.2) is 48.5 Å². The van der Waals surface area contributed by atoms with Crippen LogP contribution < -0.4 is 10.6 Å². The summed E-state index contributed by atoms with van der Waals surface area (Å²) in [5, 5.41) is 15.6. The number of thioether (sulfide) groups is 1.